The molecule has 0 amide bonds. The summed E-state index contributed by atoms with van der Waals surface area (Å²) in [5.41, 5.74) is 4.85. The van der Waals surface area contributed by atoms with Gasteiger partial charge in [-0.1, -0.05) is 25.7 Å². The number of carboxylic acid groups (broad SMARTS) is 1. The fourth-order valence-electron chi connectivity index (χ4n) is 3.99. The summed E-state index contributed by atoms with van der Waals surface area (Å²) < 4.78 is 0. The normalized spacial score (nSPS) is 20.8. The topological polar surface area (TPSA) is 37.3 Å². The highest BCUT2D eigenvalue weighted by Crippen LogP contribution is 2.46. The van der Waals surface area contributed by atoms with E-state index in [4.69, 9.17) is 0 Å². The van der Waals surface area contributed by atoms with Gasteiger partial charge in [0.1, 0.15) is 7.85 Å². The first-order chi connectivity index (χ1) is 10.4. The standard InChI is InChI=1S/C18H25BO2S/c1-18(2)8-7-14-13(9-18)15(17(20)21)16(22-14)12-6-4-3-5-11(12)10-19/h3-10,19H2,1-2H3,(H,20,21). The summed E-state index contributed by atoms with van der Waals surface area (Å²) in [6.07, 6.45) is 8.85. The summed E-state index contributed by atoms with van der Waals surface area (Å²) in [7, 11) is 2.21. The lowest BCUT2D eigenvalue weighted by Gasteiger charge is -2.29. The third-order valence-corrected chi connectivity index (χ3v) is 6.62. The Kier molecular flexibility index (Phi) is 4.24. The molecule has 0 unspecified atom stereocenters. The molecule has 1 aromatic heterocycles. The Morgan fingerprint density at radius 1 is 1.27 bits per heavy atom. The largest absolute Gasteiger partial charge is 0.478 e. The first kappa shape index (κ1) is 15.9. The molecule has 0 aliphatic heterocycles. The Morgan fingerprint density at radius 2 is 2.00 bits per heavy atom. The fourth-order valence-corrected chi connectivity index (χ4v) is 5.42. The van der Waals surface area contributed by atoms with Crippen LogP contribution in [0.15, 0.2) is 5.57 Å². The lowest BCUT2D eigenvalue weighted by Crippen LogP contribution is -2.22. The highest BCUT2D eigenvalue weighted by Gasteiger charge is 2.33. The Morgan fingerprint density at radius 3 is 2.68 bits per heavy atom. The second kappa shape index (κ2) is 5.88. The van der Waals surface area contributed by atoms with E-state index in [1.165, 1.54) is 35.3 Å². The van der Waals surface area contributed by atoms with Crippen molar-refractivity contribution in [1.82, 2.24) is 0 Å². The zero-order chi connectivity index (χ0) is 15.9. The number of fused-ring (bicyclic) bond motifs is 1. The molecule has 0 aromatic carbocycles. The third-order valence-electron chi connectivity index (χ3n) is 5.27. The van der Waals surface area contributed by atoms with E-state index >= 15 is 0 Å². The average molecular weight is 316 g/mol. The van der Waals surface area contributed by atoms with Gasteiger partial charge in [0.2, 0.25) is 0 Å². The van der Waals surface area contributed by atoms with Gasteiger partial charge in [-0.15, -0.1) is 11.3 Å². The van der Waals surface area contributed by atoms with Crippen LogP contribution < -0.4 is 0 Å². The van der Waals surface area contributed by atoms with E-state index in [1.54, 1.807) is 11.3 Å². The van der Waals surface area contributed by atoms with Gasteiger partial charge in [0, 0.05) is 9.75 Å². The minimum atomic E-state index is -0.723. The minimum absolute atomic E-state index is 0.226. The molecule has 0 radical (unpaired) electrons. The Labute approximate surface area is 138 Å². The summed E-state index contributed by atoms with van der Waals surface area (Å²) in [6.45, 7) is 4.52. The first-order valence-corrected chi connectivity index (χ1v) is 9.33. The van der Waals surface area contributed by atoms with Crippen molar-refractivity contribution < 1.29 is 9.90 Å². The summed E-state index contributed by atoms with van der Waals surface area (Å²) in [5, 5.41) is 9.85. The number of carbonyl (C=O) groups is 1. The number of thiophene rings is 1. The van der Waals surface area contributed by atoms with Crippen molar-refractivity contribution in [2.75, 3.05) is 0 Å². The van der Waals surface area contributed by atoms with Crippen molar-refractivity contribution >= 4 is 30.7 Å². The maximum absolute atomic E-state index is 12.0. The van der Waals surface area contributed by atoms with E-state index < -0.39 is 5.97 Å². The SMILES string of the molecule is BCC1=C(c2sc3c(c2C(=O)O)CC(C)(C)CC3)CCCC1. The van der Waals surface area contributed by atoms with Crippen LogP contribution in [-0.4, -0.2) is 18.9 Å². The van der Waals surface area contributed by atoms with Crippen LogP contribution in [0.1, 0.15) is 71.6 Å². The lowest BCUT2D eigenvalue weighted by molar-refractivity contribution is 0.0695. The molecule has 4 heteroatoms. The molecule has 22 heavy (non-hydrogen) atoms. The quantitative estimate of drug-likeness (QED) is 0.842. The van der Waals surface area contributed by atoms with Gasteiger partial charge >= 0.3 is 5.97 Å². The molecule has 118 valence electrons. The molecule has 0 atom stereocenters. The fraction of sp³-hybridized carbons (Fsp3) is 0.611. The summed E-state index contributed by atoms with van der Waals surface area (Å²) >= 11 is 1.78. The predicted molar refractivity (Wildman–Crippen MR) is 95.8 cm³/mol. The molecule has 0 bridgehead atoms. The van der Waals surface area contributed by atoms with Crippen molar-refractivity contribution in [2.24, 2.45) is 5.41 Å². The van der Waals surface area contributed by atoms with Gasteiger partial charge in [-0.2, -0.15) is 0 Å². The van der Waals surface area contributed by atoms with Gasteiger partial charge in [-0.25, -0.2) is 4.79 Å². The van der Waals surface area contributed by atoms with Crippen molar-refractivity contribution in [1.29, 1.82) is 0 Å². The molecule has 0 fully saturated rings. The Hall–Kier alpha value is -1.03. The number of aryl methyl sites for hydroxylation is 1. The maximum Gasteiger partial charge on any atom is 0.337 e. The van der Waals surface area contributed by atoms with E-state index in [0.29, 0.717) is 5.56 Å². The highest BCUT2D eigenvalue weighted by atomic mass is 32.1. The van der Waals surface area contributed by atoms with Crippen molar-refractivity contribution in [3.63, 3.8) is 0 Å². The van der Waals surface area contributed by atoms with Gasteiger partial charge in [-0.3, -0.25) is 0 Å². The van der Waals surface area contributed by atoms with Crippen LogP contribution in [0, 0.1) is 5.41 Å². The van der Waals surface area contributed by atoms with E-state index in [-0.39, 0.29) is 5.41 Å². The molecule has 1 heterocycles. The minimum Gasteiger partial charge on any atom is -0.478 e. The van der Waals surface area contributed by atoms with Crippen LogP contribution in [0.5, 0.6) is 0 Å². The molecule has 1 N–H and O–H groups in total. The van der Waals surface area contributed by atoms with Gasteiger partial charge in [-0.05, 0) is 61.5 Å². The van der Waals surface area contributed by atoms with E-state index in [9.17, 15) is 9.90 Å². The third kappa shape index (κ3) is 2.78. The monoisotopic (exact) mass is 316 g/mol. The molecule has 0 spiro atoms. The summed E-state index contributed by atoms with van der Waals surface area (Å²) in [6, 6.07) is 0. The number of hydrogen-bond donors (Lipinski definition) is 1. The summed E-state index contributed by atoms with van der Waals surface area (Å²) in [4.78, 5) is 14.4. The van der Waals surface area contributed by atoms with Crippen LogP contribution in [0.25, 0.3) is 5.57 Å². The van der Waals surface area contributed by atoms with Gasteiger partial charge in [0.25, 0.3) is 0 Å². The molecule has 2 aliphatic rings. The van der Waals surface area contributed by atoms with E-state index in [1.807, 2.05) is 0 Å². The Bertz CT molecular complexity index is 640. The van der Waals surface area contributed by atoms with Crippen LogP contribution in [0.4, 0.5) is 0 Å². The lowest BCUT2D eigenvalue weighted by atomic mass is 9.75. The van der Waals surface area contributed by atoms with Gasteiger partial charge in [0.15, 0.2) is 0 Å². The number of allylic oxidation sites excluding steroid dienone is 2. The predicted octanol–water partition coefficient (Wildman–Crippen LogP) is 4.34. The molecule has 1 aromatic rings. The molecule has 2 aliphatic carbocycles. The van der Waals surface area contributed by atoms with Crippen molar-refractivity contribution in [3.05, 3.63) is 26.5 Å². The molecule has 2 nitrogen and oxygen atoms in total. The van der Waals surface area contributed by atoms with E-state index in [2.05, 4.69) is 21.7 Å². The summed E-state index contributed by atoms with van der Waals surface area (Å²) in [5.74, 6) is -0.723. The van der Waals surface area contributed by atoms with E-state index in [0.717, 1.165) is 42.4 Å². The molecule has 0 saturated carbocycles. The van der Waals surface area contributed by atoms with Crippen LogP contribution >= 0.6 is 11.3 Å². The molecular weight excluding hydrogens is 291 g/mol. The molecular formula is C18H25BO2S. The maximum atomic E-state index is 12.0. The number of rotatable bonds is 3. The molecule has 0 saturated heterocycles. The number of aromatic carboxylic acids is 1. The Balaban J connectivity index is 2.15. The van der Waals surface area contributed by atoms with Crippen LogP contribution in [0.3, 0.4) is 0 Å². The zero-order valence-electron chi connectivity index (χ0n) is 13.9. The van der Waals surface area contributed by atoms with Crippen molar-refractivity contribution in [3.8, 4) is 0 Å². The second-order valence-corrected chi connectivity index (χ2v) is 8.60. The number of hydrogen-bond acceptors (Lipinski definition) is 2. The zero-order valence-corrected chi connectivity index (χ0v) is 14.7. The second-order valence-electron chi connectivity index (χ2n) is 7.50. The molecule has 3 rings (SSSR count). The van der Waals surface area contributed by atoms with Crippen molar-refractivity contribution in [2.45, 2.75) is 65.1 Å². The number of carboxylic acids is 1. The first-order valence-electron chi connectivity index (χ1n) is 8.52. The van der Waals surface area contributed by atoms with Crippen LogP contribution in [0.2, 0.25) is 6.32 Å². The highest BCUT2D eigenvalue weighted by molar-refractivity contribution is 7.13. The van der Waals surface area contributed by atoms with Gasteiger partial charge < -0.3 is 5.11 Å². The average Bonchev–Trinajstić information content (AvgIpc) is 2.84. The van der Waals surface area contributed by atoms with Crippen LogP contribution in [-0.2, 0) is 12.8 Å². The smallest absolute Gasteiger partial charge is 0.337 e. The van der Waals surface area contributed by atoms with Gasteiger partial charge in [0.05, 0.1) is 5.56 Å².